The zero-order valence-corrected chi connectivity index (χ0v) is 14.4. The van der Waals surface area contributed by atoms with Crippen molar-refractivity contribution in [3.8, 4) is 0 Å². The van der Waals surface area contributed by atoms with Crippen LogP contribution in [0.5, 0.6) is 0 Å². The maximum Gasteiger partial charge on any atom is 0.293 e. The third-order valence-corrected chi connectivity index (χ3v) is 5.05. The third kappa shape index (κ3) is 3.67. The lowest BCUT2D eigenvalue weighted by Crippen LogP contribution is -2.08. The van der Waals surface area contributed by atoms with Crippen molar-refractivity contribution in [2.75, 3.05) is 5.32 Å². The van der Waals surface area contributed by atoms with Crippen molar-refractivity contribution in [2.45, 2.75) is 26.3 Å². The number of hydrogen-bond donors (Lipinski definition) is 1. The van der Waals surface area contributed by atoms with E-state index in [1.165, 1.54) is 6.07 Å². The van der Waals surface area contributed by atoms with Gasteiger partial charge in [-0.05, 0) is 35.9 Å². The Morgan fingerprint density at radius 1 is 1.57 bits per heavy atom. The van der Waals surface area contributed by atoms with Gasteiger partial charge in [-0.15, -0.1) is 11.3 Å². The molecule has 0 aliphatic heterocycles. The van der Waals surface area contributed by atoms with Crippen molar-refractivity contribution in [3.63, 3.8) is 0 Å². The molecule has 8 heteroatoms. The minimum atomic E-state index is -0.518. The van der Waals surface area contributed by atoms with Crippen LogP contribution in [-0.2, 0) is 6.42 Å². The van der Waals surface area contributed by atoms with Crippen LogP contribution in [0.2, 0.25) is 0 Å². The van der Waals surface area contributed by atoms with E-state index in [4.69, 9.17) is 0 Å². The normalized spacial score (nSPS) is 12.2. The molecule has 0 fully saturated rings. The first kappa shape index (κ1) is 16.1. The molecule has 0 saturated heterocycles. The predicted molar refractivity (Wildman–Crippen MR) is 89.3 cm³/mol. The number of aromatic nitrogens is 1. The summed E-state index contributed by atoms with van der Waals surface area (Å²) in [6, 6.07) is 2.16. The molecule has 0 bridgehead atoms. The molecule has 0 aliphatic rings. The van der Waals surface area contributed by atoms with Crippen LogP contribution in [0.4, 0.5) is 15.8 Å². The zero-order chi connectivity index (χ0) is 15.6. The lowest BCUT2D eigenvalue weighted by molar-refractivity contribution is -0.384. The molecule has 1 N–H and O–H groups in total. The molecule has 2 aromatic rings. The number of nitro groups is 1. The minimum absolute atomic E-state index is 0.139. The molecule has 1 atom stereocenters. The second-order valence-corrected chi connectivity index (χ2v) is 6.73. The van der Waals surface area contributed by atoms with Crippen molar-refractivity contribution >= 4 is 45.3 Å². The first-order valence-corrected chi connectivity index (χ1v) is 8.16. The largest absolute Gasteiger partial charge is 0.370 e. The molecule has 1 aromatic carbocycles. The van der Waals surface area contributed by atoms with E-state index in [0.717, 1.165) is 22.4 Å². The van der Waals surface area contributed by atoms with Crippen LogP contribution in [0.1, 0.15) is 29.8 Å². The summed E-state index contributed by atoms with van der Waals surface area (Å²) in [5.74, 6) is -0.482. The van der Waals surface area contributed by atoms with E-state index >= 15 is 0 Å². The summed E-state index contributed by atoms with van der Waals surface area (Å²) in [6.45, 7) is 3.88. The Labute approximate surface area is 138 Å². The molecule has 0 spiro atoms. The molecular weight excluding hydrogens is 408 g/mol. The molecule has 2 rings (SSSR count). The number of rotatable bonds is 5. The predicted octanol–water partition coefficient (Wildman–Crippen LogP) is 4.53. The fourth-order valence-electron chi connectivity index (χ4n) is 1.78. The van der Waals surface area contributed by atoms with Crippen LogP contribution in [0.3, 0.4) is 0 Å². The van der Waals surface area contributed by atoms with Gasteiger partial charge in [0.15, 0.2) is 0 Å². The highest BCUT2D eigenvalue weighted by Gasteiger charge is 2.20. The molecule has 112 valence electrons. The number of nitrogens with zero attached hydrogens (tertiary/aromatic N) is 2. The van der Waals surface area contributed by atoms with Crippen LogP contribution in [0.15, 0.2) is 18.3 Å². The first-order valence-electron chi connectivity index (χ1n) is 6.27. The second kappa shape index (κ2) is 6.65. The maximum absolute atomic E-state index is 13.7. The molecule has 1 aromatic heterocycles. The fourth-order valence-corrected chi connectivity index (χ4v) is 3.09. The number of aryl methyl sites for hydroxylation is 1. The molecule has 0 radical (unpaired) electrons. The lowest BCUT2D eigenvalue weighted by Gasteiger charge is -2.13. The van der Waals surface area contributed by atoms with Crippen molar-refractivity contribution in [2.24, 2.45) is 0 Å². The summed E-state index contributed by atoms with van der Waals surface area (Å²) < 4.78 is 13.9. The summed E-state index contributed by atoms with van der Waals surface area (Å²) in [5.41, 5.74) is 0.0265. The fraction of sp³-hybridized carbons (Fsp3) is 0.308. The Balaban J connectivity index is 2.29. The van der Waals surface area contributed by atoms with Gasteiger partial charge in [0.1, 0.15) is 16.5 Å². The molecule has 0 aliphatic carbocycles. The Morgan fingerprint density at radius 3 is 2.86 bits per heavy atom. The molecule has 21 heavy (non-hydrogen) atoms. The molecular formula is C13H13FIN3O2S. The molecule has 0 amide bonds. The average molecular weight is 421 g/mol. The van der Waals surface area contributed by atoms with Crippen LogP contribution < -0.4 is 5.32 Å². The summed E-state index contributed by atoms with van der Waals surface area (Å²) in [5, 5.41) is 14.9. The Bertz CT molecular complexity index is 677. The van der Waals surface area contributed by atoms with Gasteiger partial charge in [0.25, 0.3) is 5.69 Å². The van der Waals surface area contributed by atoms with Crippen molar-refractivity contribution in [1.82, 2.24) is 4.98 Å². The van der Waals surface area contributed by atoms with Gasteiger partial charge in [-0.3, -0.25) is 10.1 Å². The zero-order valence-electron chi connectivity index (χ0n) is 11.4. The van der Waals surface area contributed by atoms with E-state index in [9.17, 15) is 14.5 Å². The summed E-state index contributed by atoms with van der Waals surface area (Å²) in [7, 11) is 0. The van der Waals surface area contributed by atoms with Crippen LogP contribution >= 0.6 is 33.9 Å². The average Bonchev–Trinajstić information content (AvgIpc) is 2.91. The van der Waals surface area contributed by atoms with Gasteiger partial charge in [0, 0.05) is 23.2 Å². The summed E-state index contributed by atoms with van der Waals surface area (Å²) in [4.78, 5) is 16.0. The van der Waals surface area contributed by atoms with Crippen LogP contribution in [0.25, 0.3) is 0 Å². The number of nitro benzene ring substituents is 1. The number of halogens is 2. The number of benzene rings is 1. The first-order chi connectivity index (χ1) is 9.92. The Morgan fingerprint density at radius 2 is 2.29 bits per heavy atom. The van der Waals surface area contributed by atoms with Crippen LogP contribution in [0, 0.1) is 19.5 Å². The minimum Gasteiger partial charge on any atom is -0.370 e. The van der Waals surface area contributed by atoms with E-state index in [0.29, 0.717) is 0 Å². The van der Waals surface area contributed by atoms with E-state index in [1.54, 1.807) is 40.1 Å². The van der Waals surface area contributed by atoms with E-state index in [-0.39, 0.29) is 21.0 Å². The highest BCUT2D eigenvalue weighted by atomic mass is 127. The van der Waals surface area contributed by atoms with Gasteiger partial charge in [0.2, 0.25) is 0 Å². The number of thiazole rings is 1. The second-order valence-electron chi connectivity index (χ2n) is 4.42. The quantitative estimate of drug-likeness (QED) is 0.438. The Kier molecular flexibility index (Phi) is 5.09. The van der Waals surface area contributed by atoms with E-state index < -0.39 is 10.7 Å². The standard InChI is InChI=1S/C13H13FIN3O2S/c1-3-8-6-16-13(21-8)7(2)17-11-4-9(14)10(15)5-12(11)18(19)20/h4-7,17H,3H2,1-2H3. The lowest BCUT2D eigenvalue weighted by atomic mass is 10.2. The molecule has 5 nitrogen and oxygen atoms in total. The van der Waals surface area contributed by atoms with Gasteiger partial charge < -0.3 is 5.32 Å². The summed E-state index contributed by atoms with van der Waals surface area (Å²) >= 11 is 3.28. The van der Waals surface area contributed by atoms with Crippen molar-refractivity contribution in [1.29, 1.82) is 0 Å². The van der Waals surface area contributed by atoms with Gasteiger partial charge in [0.05, 0.1) is 14.5 Å². The molecule has 1 unspecified atom stereocenters. The highest BCUT2D eigenvalue weighted by molar-refractivity contribution is 14.1. The maximum atomic E-state index is 13.7. The Hall–Kier alpha value is -1.29. The number of anilines is 1. The third-order valence-electron chi connectivity index (χ3n) is 2.90. The number of hydrogen-bond acceptors (Lipinski definition) is 5. The topological polar surface area (TPSA) is 68.1 Å². The molecule has 0 saturated carbocycles. The highest BCUT2D eigenvalue weighted by Crippen LogP contribution is 2.32. The van der Waals surface area contributed by atoms with Gasteiger partial charge >= 0.3 is 0 Å². The van der Waals surface area contributed by atoms with Gasteiger partial charge in [-0.2, -0.15) is 0 Å². The van der Waals surface area contributed by atoms with Crippen molar-refractivity contribution in [3.05, 3.63) is 47.7 Å². The monoisotopic (exact) mass is 421 g/mol. The summed E-state index contributed by atoms with van der Waals surface area (Å²) in [6.07, 6.45) is 2.68. The van der Waals surface area contributed by atoms with Crippen LogP contribution in [-0.4, -0.2) is 9.91 Å². The van der Waals surface area contributed by atoms with E-state index in [2.05, 4.69) is 10.3 Å². The van der Waals surface area contributed by atoms with Crippen molar-refractivity contribution < 1.29 is 9.31 Å². The SMILES string of the molecule is CCc1cnc(C(C)Nc2cc(F)c(I)cc2[N+](=O)[O-])s1. The number of nitrogens with one attached hydrogen (secondary N) is 1. The van der Waals surface area contributed by atoms with E-state index in [1.807, 2.05) is 13.8 Å². The smallest absolute Gasteiger partial charge is 0.293 e. The molecule has 1 heterocycles. The van der Waals surface area contributed by atoms with Gasteiger partial charge in [-0.1, -0.05) is 6.92 Å². The van der Waals surface area contributed by atoms with Gasteiger partial charge in [-0.25, -0.2) is 9.37 Å².